The van der Waals surface area contributed by atoms with Crippen molar-refractivity contribution < 1.29 is 13.5 Å². The second kappa shape index (κ2) is 7.18. The number of aryl methyl sites for hydroxylation is 2. The van der Waals surface area contributed by atoms with Crippen LogP contribution in [0, 0.1) is 13.8 Å². The van der Waals surface area contributed by atoms with Crippen LogP contribution in [-0.2, 0) is 10.0 Å². The molecule has 2 heterocycles. The van der Waals surface area contributed by atoms with Crippen LogP contribution in [0.5, 0.6) is 0 Å². The number of hydrogen-bond donors (Lipinski definition) is 2. The Bertz CT molecular complexity index is 1330. The molecule has 4 rings (SSSR count). The number of aliphatic hydroxyl groups excluding tert-OH is 1. The summed E-state index contributed by atoms with van der Waals surface area (Å²) in [5, 5.41) is 24.6. The zero-order valence-electron chi connectivity index (χ0n) is 16.3. The Labute approximate surface area is 168 Å². The second-order valence-corrected chi connectivity index (χ2v) is 8.83. The Balaban J connectivity index is 1.88. The molecule has 2 aromatic heterocycles. The molecule has 2 aromatic carbocycles. The number of nitrogens with zero attached hydrogens (tertiary/aromatic N) is 4. The van der Waals surface area contributed by atoms with Crippen molar-refractivity contribution in [3.8, 4) is 11.4 Å². The molecule has 0 radical (unpaired) electrons. The summed E-state index contributed by atoms with van der Waals surface area (Å²) in [4.78, 5) is 0.0908. The molecule has 0 unspecified atom stereocenters. The smallest absolute Gasteiger partial charge is 0.240 e. The van der Waals surface area contributed by atoms with Gasteiger partial charge in [-0.05, 0) is 38.5 Å². The van der Waals surface area contributed by atoms with Crippen LogP contribution < -0.4 is 4.72 Å². The number of hydrogen-bond acceptors (Lipinski definition) is 6. The van der Waals surface area contributed by atoms with Gasteiger partial charge in [0.25, 0.3) is 0 Å². The highest BCUT2D eigenvalue weighted by molar-refractivity contribution is 7.89. The van der Waals surface area contributed by atoms with Crippen molar-refractivity contribution in [3.63, 3.8) is 0 Å². The van der Waals surface area contributed by atoms with E-state index in [0.717, 1.165) is 22.0 Å². The molecule has 150 valence electrons. The van der Waals surface area contributed by atoms with E-state index in [1.807, 2.05) is 38.1 Å². The fraction of sp³-hybridized carbons (Fsp3) is 0.250. The minimum atomic E-state index is -3.77. The van der Waals surface area contributed by atoms with Gasteiger partial charge in [-0.1, -0.05) is 30.3 Å². The van der Waals surface area contributed by atoms with Gasteiger partial charge in [0.1, 0.15) is 0 Å². The third kappa shape index (κ3) is 3.48. The summed E-state index contributed by atoms with van der Waals surface area (Å²) in [6, 6.07) is 12.6. The van der Waals surface area contributed by atoms with Gasteiger partial charge < -0.3 is 5.11 Å². The molecule has 0 spiro atoms. The largest absolute Gasteiger partial charge is 0.392 e. The maximum atomic E-state index is 12.6. The summed E-state index contributed by atoms with van der Waals surface area (Å²) in [6.07, 6.45) is -0.782. The van der Waals surface area contributed by atoms with Crippen LogP contribution in [0.1, 0.15) is 18.2 Å². The Morgan fingerprint density at radius 1 is 1.10 bits per heavy atom. The van der Waals surface area contributed by atoms with Gasteiger partial charge in [-0.3, -0.25) is 0 Å². The van der Waals surface area contributed by atoms with E-state index < -0.39 is 16.1 Å². The summed E-state index contributed by atoms with van der Waals surface area (Å²) in [7, 11) is -3.77. The summed E-state index contributed by atoms with van der Waals surface area (Å²) in [6.45, 7) is 5.25. The summed E-state index contributed by atoms with van der Waals surface area (Å²) >= 11 is 0. The molecule has 0 saturated heterocycles. The van der Waals surface area contributed by atoms with Crippen LogP contribution in [0.4, 0.5) is 0 Å². The molecular formula is C20H21N5O3S. The lowest BCUT2D eigenvalue weighted by Crippen LogP contribution is -2.30. The Hall–Kier alpha value is -2.88. The highest BCUT2D eigenvalue weighted by atomic mass is 32.2. The van der Waals surface area contributed by atoms with Crippen molar-refractivity contribution in [2.24, 2.45) is 0 Å². The number of aliphatic hydroxyl groups is 1. The molecule has 29 heavy (non-hydrogen) atoms. The molecule has 0 fully saturated rings. The molecule has 0 aliphatic carbocycles. The first kappa shape index (κ1) is 19.4. The molecule has 2 N–H and O–H groups in total. The van der Waals surface area contributed by atoms with E-state index in [2.05, 4.69) is 20.0 Å². The lowest BCUT2D eigenvalue weighted by atomic mass is 10.1. The Morgan fingerprint density at radius 3 is 2.55 bits per heavy atom. The number of rotatable bonds is 5. The first-order chi connectivity index (χ1) is 13.8. The fourth-order valence-corrected chi connectivity index (χ4v) is 4.38. The predicted octanol–water partition coefficient (Wildman–Crippen LogP) is 2.22. The number of nitrogens with one attached hydrogen (secondary N) is 1. The molecule has 0 amide bonds. The zero-order chi connectivity index (χ0) is 20.8. The van der Waals surface area contributed by atoms with Gasteiger partial charge >= 0.3 is 0 Å². The van der Waals surface area contributed by atoms with E-state index in [1.165, 1.54) is 13.0 Å². The van der Waals surface area contributed by atoms with Crippen molar-refractivity contribution in [2.45, 2.75) is 31.8 Å². The van der Waals surface area contributed by atoms with Gasteiger partial charge in [-0.25, -0.2) is 13.1 Å². The molecule has 0 saturated carbocycles. The van der Waals surface area contributed by atoms with Crippen molar-refractivity contribution in [1.82, 2.24) is 24.5 Å². The zero-order valence-corrected chi connectivity index (χ0v) is 17.1. The van der Waals surface area contributed by atoms with E-state index in [-0.39, 0.29) is 11.4 Å². The SMILES string of the molecule is Cc1ccc(S(=O)(=O)NC[C@H](C)O)cc1-c1nnc2c3ccccc3c(C)nn12. The van der Waals surface area contributed by atoms with Crippen LogP contribution in [-0.4, -0.2) is 46.0 Å². The van der Waals surface area contributed by atoms with Gasteiger partial charge in [0.2, 0.25) is 10.0 Å². The first-order valence-electron chi connectivity index (χ1n) is 9.17. The topological polar surface area (TPSA) is 109 Å². The summed E-state index contributed by atoms with van der Waals surface area (Å²) < 4.78 is 29.2. The van der Waals surface area contributed by atoms with Crippen LogP contribution in [0.15, 0.2) is 47.4 Å². The average molecular weight is 411 g/mol. The van der Waals surface area contributed by atoms with Crippen molar-refractivity contribution in [1.29, 1.82) is 0 Å². The highest BCUT2D eigenvalue weighted by Gasteiger charge is 2.20. The molecule has 1 atom stereocenters. The predicted molar refractivity (Wildman–Crippen MR) is 110 cm³/mol. The maximum absolute atomic E-state index is 12.6. The Kier molecular flexibility index (Phi) is 4.81. The lowest BCUT2D eigenvalue weighted by molar-refractivity contribution is 0.198. The minimum Gasteiger partial charge on any atom is -0.392 e. The molecule has 8 nitrogen and oxygen atoms in total. The monoisotopic (exact) mass is 411 g/mol. The highest BCUT2D eigenvalue weighted by Crippen LogP contribution is 2.28. The normalized spacial score (nSPS) is 13.2. The number of fused-ring (bicyclic) bond motifs is 3. The van der Waals surface area contributed by atoms with Gasteiger partial charge in [0.05, 0.1) is 16.7 Å². The molecule has 9 heteroatoms. The van der Waals surface area contributed by atoms with E-state index in [0.29, 0.717) is 17.0 Å². The van der Waals surface area contributed by atoms with E-state index >= 15 is 0 Å². The van der Waals surface area contributed by atoms with Crippen LogP contribution >= 0.6 is 0 Å². The van der Waals surface area contributed by atoms with Crippen LogP contribution in [0.2, 0.25) is 0 Å². The van der Waals surface area contributed by atoms with E-state index in [1.54, 1.807) is 16.6 Å². The first-order valence-corrected chi connectivity index (χ1v) is 10.7. The van der Waals surface area contributed by atoms with Crippen LogP contribution in [0.3, 0.4) is 0 Å². The number of sulfonamides is 1. The maximum Gasteiger partial charge on any atom is 0.240 e. The third-order valence-corrected chi connectivity index (χ3v) is 6.20. The third-order valence-electron chi connectivity index (χ3n) is 4.78. The number of aromatic nitrogens is 4. The quantitative estimate of drug-likeness (QED) is 0.521. The minimum absolute atomic E-state index is 0.0633. The van der Waals surface area contributed by atoms with E-state index in [4.69, 9.17) is 0 Å². The van der Waals surface area contributed by atoms with Crippen molar-refractivity contribution in [2.75, 3.05) is 6.54 Å². The van der Waals surface area contributed by atoms with E-state index in [9.17, 15) is 13.5 Å². The van der Waals surface area contributed by atoms with Crippen molar-refractivity contribution >= 4 is 26.4 Å². The van der Waals surface area contributed by atoms with Gasteiger partial charge in [-0.15, -0.1) is 10.2 Å². The Morgan fingerprint density at radius 2 is 1.83 bits per heavy atom. The molecule has 0 bridgehead atoms. The number of benzene rings is 2. The van der Waals surface area contributed by atoms with Gasteiger partial charge in [0, 0.05) is 22.9 Å². The molecular weight excluding hydrogens is 390 g/mol. The average Bonchev–Trinajstić information content (AvgIpc) is 3.10. The van der Waals surface area contributed by atoms with Gasteiger partial charge in [0.15, 0.2) is 11.5 Å². The summed E-state index contributed by atoms with van der Waals surface area (Å²) in [5.41, 5.74) is 2.91. The second-order valence-electron chi connectivity index (χ2n) is 7.07. The molecule has 0 aliphatic heterocycles. The van der Waals surface area contributed by atoms with Crippen LogP contribution in [0.25, 0.3) is 27.8 Å². The molecule has 4 aromatic rings. The lowest BCUT2D eigenvalue weighted by Gasteiger charge is -2.11. The standard InChI is InChI=1S/C20H21N5O3S/c1-12-8-9-15(29(27,28)21-11-13(2)26)10-18(12)20-23-22-19-17-7-5-4-6-16(17)14(3)24-25(19)20/h4-10,13,21,26H,11H2,1-3H3/t13-/m0/s1. The molecule has 0 aliphatic rings. The summed E-state index contributed by atoms with van der Waals surface area (Å²) in [5.74, 6) is 0.471. The van der Waals surface area contributed by atoms with Gasteiger partial charge in [-0.2, -0.15) is 9.61 Å². The van der Waals surface area contributed by atoms with Crippen molar-refractivity contribution in [3.05, 3.63) is 53.7 Å². The fourth-order valence-electron chi connectivity index (χ4n) is 3.23.